The molecule has 2 fully saturated rings. The second kappa shape index (κ2) is 9.07. The van der Waals surface area contributed by atoms with Crippen LogP contribution in [0, 0.1) is 24.7 Å². The third kappa shape index (κ3) is 4.87. The highest BCUT2D eigenvalue weighted by Crippen LogP contribution is 2.44. The van der Waals surface area contributed by atoms with Crippen molar-refractivity contribution in [2.24, 2.45) is 17.8 Å². The zero-order chi connectivity index (χ0) is 16.8. The molecular formula is C24H38. The van der Waals surface area contributed by atoms with Crippen LogP contribution in [-0.4, -0.2) is 0 Å². The summed E-state index contributed by atoms with van der Waals surface area (Å²) >= 11 is 0. The fourth-order valence-corrected chi connectivity index (χ4v) is 5.39. The number of unbranched alkanes of at least 4 members (excludes halogenated alkanes) is 2. The first-order chi connectivity index (χ1) is 11.8. The third-order valence-corrected chi connectivity index (χ3v) is 7.09. The van der Waals surface area contributed by atoms with Gasteiger partial charge < -0.3 is 0 Å². The summed E-state index contributed by atoms with van der Waals surface area (Å²) in [5, 5.41) is 0. The maximum Gasteiger partial charge on any atom is -0.0162 e. The van der Waals surface area contributed by atoms with E-state index in [0.717, 1.165) is 23.7 Å². The summed E-state index contributed by atoms with van der Waals surface area (Å²) in [4.78, 5) is 0. The first-order valence-corrected chi connectivity index (χ1v) is 10.8. The predicted octanol–water partition coefficient (Wildman–Crippen LogP) is 7.66. The molecule has 1 aromatic carbocycles. The molecule has 0 spiro atoms. The van der Waals surface area contributed by atoms with Crippen molar-refractivity contribution in [2.75, 3.05) is 0 Å². The number of benzene rings is 1. The van der Waals surface area contributed by atoms with Crippen LogP contribution in [0.25, 0.3) is 0 Å². The van der Waals surface area contributed by atoms with Gasteiger partial charge in [-0.25, -0.2) is 0 Å². The number of hydrogen-bond acceptors (Lipinski definition) is 0. The van der Waals surface area contributed by atoms with Crippen LogP contribution >= 0.6 is 0 Å². The number of aryl methyl sites for hydroxylation is 1. The summed E-state index contributed by atoms with van der Waals surface area (Å²) in [5.41, 5.74) is 2.99. The van der Waals surface area contributed by atoms with Crippen LogP contribution in [0.3, 0.4) is 0 Å². The van der Waals surface area contributed by atoms with E-state index in [1.807, 2.05) is 0 Å². The van der Waals surface area contributed by atoms with Crippen LogP contribution in [0.1, 0.15) is 101 Å². The highest BCUT2D eigenvalue weighted by atomic mass is 14.4. The SMILES string of the molecule is CCCCCC1CCC(C2CCC(c3ccc(C)cc3)CC2)CC1. The maximum absolute atomic E-state index is 2.38. The number of rotatable bonds is 6. The maximum atomic E-state index is 2.38. The van der Waals surface area contributed by atoms with E-state index in [1.165, 1.54) is 82.6 Å². The van der Waals surface area contributed by atoms with Crippen LogP contribution in [0.2, 0.25) is 0 Å². The summed E-state index contributed by atoms with van der Waals surface area (Å²) in [6, 6.07) is 9.34. The molecule has 0 aliphatic heterocycles. The van der Waals surface area contributed by atoms with Crippen LogP contribution in [0.4, 0.5) is 0 Å². The third-order valence-electron chi connectivity index (χ3n) is 7.09. The van der Waals surface area contributed by atoms with E-state index in [1.54, 1.807) is 5.56 Å². The van der Waals surface area contributed by atoms with Crippen LogP contribution in [-0.2, 0) is 0 Å². The minimum Gasteiger partial charge on any atom is -0.0654 e. The van der Waals surface area contributed by atoms with Gasteiger partial charge in [0.1, 0.15) is 0 Å². The molecule has 2 aliphatic rings. The second-order valence-corrected chi connectivity index (χ2v) is 8.80. The Balaban J connectivity index is 1.40. The van der Waals surface area contributed by atoms with Gasteiger partial charge in [0, 0.05) is 0 Å². The van der Waals surface area contributed by atoms with Crippen molar-refractivity contribution in [3.8, 4) is 0 Å². The van der Waals surface area contributed by atoms with Gasteiger partial charge in [0.25, 0.3) is 0 Å². The fourth-order valence-electron chi connectivity index (χ4n) is 5.39. The molecule has 0 saturated heterocycles. The molecule has 0 N–H and O–H groups in total. The normalized spacial score (nSPS) is 31.1. The highest BCUT2D eigenvalue weighted by Gasteiger charge is 2.31. The molecule has 0 bridgehead atoms. The quantitative estimate of drug-likeness (QED) is 0.471. The minimum absolute atomic E-state index is 0.840. The van der Waals surface area contributed by atoms with E-state index in [-0.39, 0.29) is 0 Å². The number of hydrogen-bond donors (Lipinski definition) is 0. The predicted molar refractivity (Wildman–Crippen MR) is 105 cm³/mol. The fraction of sp³-hybridized carbons (Fsp3) is 0.750. The lowest BCUT2D eigenvalue weighted by atomic mass is 9.68. The van der Waals surface area contributed by atoms with Gasteiger partial charge in [-0.15, -0.1) is 0 Å². The van der Waals surface area contributed by atoms with Crippen LogP contribution in [0.15, 0.2) is 24.3 Å². The zero-order valence-corrected chi connectivity index (χ0v) is 16.1. The Morgan fingerprint density at radius 3 is 1.92 bits per heavy atom. The summed E-state index contributed by atoms with van der Waals surface area (Å²) in [7, 11) is 0. The Bertz CT molecular complexity index is 455. The molecule has 0 heterocycles. The molecule has 0 nitrogen and oxygen atoms in total. The molecule has 134 valence electrons. The van der Waals surface area contributed by atoms with Gasteiger partial charge in [0.2, 0.25) is 0 Å². The van der Waals surface area contributed by atoms with Crippen molar-refractivity contribution < 1.29 is 0 Å². The molecule has 0 heteroatoms. The molecule has 0 radical (unpaired) electrons. The highest BCUT2D eigenvalue weighted by molar-refractivity contribution is 5.24. The van der Waals surface area contributed by atoms with E-state index >= 15 is 0 Å². The average molecular weight is 327 g/mol. The summed E-state index contributed by atoms with van der Waals surface area (Å²) in [6.45, 7) is 4.52. The Hall–Kier alpha value is -0.780. The van der Waals surface area contributed by atoms with Gasteiger partial charge in [-0.1, -0.05) is 75.3 Å². The van der Waals surface area contributed by atoms with Gasteiger partial charge in [0.15, 0.2) is 0 Å². The largest absolute Gasteiger partial charge is 0.0654 e. The van der Waals surface area contributed by atoms with Crippen LogP contribution in [0.5, 0.6) is 0 Å². The average Bonchev–Trinajstić information content (AvgIpc) is 2.63. The van der Waals surface area contributed by atoms with E-state index in [4.69, 9.17) is 0 Å². The Morgan fingerprint density at radius 2 is 1.33 bits per heavy atom. The first kappa shape index (κ1) is 18.0. The monoisotopic (exact) mass is 326 g/mol. The smallest absolute Gasteiger partial charge is 0.0162 e. The van der Waals surface area contributed by atoms with Crippen molar-refractivity contribution in [3.05, 3.63) is 35.4 Å². The lowest BCUT2D eigenvalue weighted by Crippen LogP contribution is -2.25. The Morgan fingerprint density at radius 1 is 0.750 bits per heavy atom. The van der Waals surface area contributed by atoms with Crippen molar-refractivity contribution in [1.82, 2.24) is 0 Å². The van der Waals surface area contributed by atoms with Crippen LogP contribution < -0.4 is 0 Å². The Labute approximate surface area is 150 Å². The molecule has 24 heavy (non-hydrogen) atoms. The topological polar surface area (TPSA) is 0 Å². The lowest BCUT2D eigenvalue weighted by molar-refractivity contribution is 0.155. The van der Waals surface area contributed by atoms with Gasteiger partial charge in [-0.05, 0) is 74.7 Å². The van der Waals surface area contributed by atoms with Crippen molar-refractivity contribution in [3.63, 3.8) is 0 Å². The van der Waals surface area contributed by atoms with Gasteiger partial charge >= 0.3 is 0 Å². The Kier molecular flexibility index (Phi) is 6.81. The molecule has 0 atom stereocenters. The van der Waals surface area contributed by atoms with Gasteiger partial charge in [-0.3, -0.25) is 0 Å². The molecule has 3 rings (SSSR count). The molecule has 2 aliphatic carbocycles. The van der Waals surface area contributed by atoms with Gasteiger partial charge in [-0.2, -0.15) is 0 Å². The summed E-state index contributed by atoms with van der Waals surface area (Å²) in [5.74, 6) is 4.01. The first-order valence-electron chi connectivity index (χ1n) is 10.8. The summed E-state index contributed by atoms with van der Waals surface area (Å²) < 4.78 is 0. The zero-order valence-electron chi connectivity index (χ0n) is 16.1. The molecular weight excluding hydrogens is 288 g/mol. The van der Waals surface area contributed by atoms with Gasteiger partial charge in [0.05, 0.1) is 0 Å². The summed E-state index contributed by atoms with van der Waals surface area (Å²) in [6.07, 6.45) is 17.8. The van der Waals surface area contributed by atoms with E-state index in [0.29, 0.717) is 0 Å². The van der Waals surface area contributed by atoms with E-state index in [9.17, 15) is 0 Å². The standard InChI is InChI=1S/C24H38/c1-3-4-5-6-20-9-13-22(14-10-20)24-17-15-23(16-18-24)21-11-7-19(2)8-12-21/h7-8,11-12,20,22-24H,3-6,9-10,13-18H2,1-2H3. The molecule has 0 amide bonds. The van der Waals surface area contributed by atoms with Crippen molar-refractivity contribution in [2.45, 2.75) is 96.8 Å². The van der Waals surface area contributed by atoms with E-state index < -0.39 is 0 Å². The lowest BCUT2D eigenvalue weighted by Gasteiger charge is -2.38. The minimum atomic E-state index is 0.840. The van der Waals surface area contributed by atoms with E-state index in [2.05, 4.69) is 38.1 Å². The second-order valence-electron chi connectivity index (χ2n) is 8.80. The molecule has 0 aromatic heterocycles. The van der Waals surface area contributed by atoms with Crippen molar-refractivity contribution in [1.29, 1.82) is 0 Å². The molecule has 0 unspecified atom stereocenters. The molecule has 2 saturated carbocycles. The van der Waals surface area contributed by atoms with Crippen molar-refractivity contribution >= 4 is 0 Å². The molecule has 1 aromatic rings.